The van der Waals surface area contributed by atoms with E-state index in [0.29, 0.717) is 23.4 Å². The third-order valence-electron chi connectivity index (χ3n) is 6.74. The zero-order chi connectivity index (χ0) is 29.6. The number of hydrogen-bond acceptors (Lipinski definition) is 4. The second kappa shape index (κ2) is 12.6. The molecule has 0 heterocycles. The molecule has 0 fully saturated rings. The Hall–Kier alpha value is -4.75. The summed E-state index contributed by atoms with van der Waals surface area (Å²) in [7, 11) is 0. The Bertz CT molecular complexity index is 1520. The maximum atomic E-state index is 13.3. The van der Waals surface area contributed by atoms with Crippen molar-refractivity contribution in [3.63, 3.8) is 0 Å². The summed E-state index contributed by atoms with van der Waals surface area (Å²) in [4.78, 5) is 39.4. The van der Waals surface area contributed by atoms with Crippen molar-refractivity contribution in [2.45, 2.75) is 45.6 Å². The summed E-state index contributed by atoms with van der Waals surface area (Å²) in [6.07, 6.45) is 0.373. The molecule has 0 aromatic heterocycles. The van der Waals surface area contributed by atoms with E-state index in [4.69, 9.17) is 5.73 Å². The molecule has 1 unspecified atom stereocenters. The molecule has 4 aromatic rings. The van der Waals surface area contributed by atoms with Crippen molar-refractivity contribution in [3.8, 4) is 0 Å². The molecule has 0 aliphatic heterocycles. The van der Waals surface area contributed by atoms with Crippen LogP contribution in [-0.2, 0) is 16.6 Å². The van der Waals surface area contributed by atoms with Crippen LogP contribution in [0.5, 0.6) is 0 Å². The maximum Gasteiger partial charge on any atom is 0.257 e. The predicted octanol–water partition coefficient (Wildman–Crippen LogP) is 6.31. The van der Waals surface area contributed by atoms with Gasteiger partial charge in [0.1, 0.15) is 0 Å². The lowest BCUT2D eigenvalue weighted by molar-refractivity contribution is -0.117. The van der Waals surface area contributed by atoms with Crippen LogP contribution in [0.1, 0.15) is 58.2 Å². The standard InChI is InChI=1S/C34H36N4O3/c1-22-10-16-26(17-11-22)36-32(40)28-19-18-27(37-33(41)29(35)20-23-8-6-5-7-9-23)21-30(28)38-31(39)24-12-14-25(15-13-24)34(2,3)4/h5-19,21,29H,20,35H2,1-4H3,(H,36,40)(H,37,41)(H,38,39). The van der Waals surface area contributed by atoms with Gasteiger partial charge in [-0.2, -0.15) is 0 Å². The highest BCUT2D eigenvalue weighted by Gasteiger charge is 2.19. The first-order chi connectivity index (χ1) is 19.5. The molecular weight excluding hydrogens is 512 g/mol. The normalized spacial score (nSPS) is 11.8. The van der Waals surface area contributed by atoms with E-state index in [1.807, 2.05) is 73.7 Å². The molecule has 210 valence electrons. The minimum absolute atomic E-state index is 0.0514. The number of amides is 3. The van der Waals surface area contributed by atoms with Gasteiger partial charge in [0, 0.05) is 16.9 Å². The quantitative estimate of drug-likeness (QED) is 0.207. The molecule has 0 spiro atoms. The molecule has 0 bridgehead atoms. The molecule has 7 heteroatoms. The Balaban J connectivity index is 1.57. The summed E-state index contributed by atoms with van der Waals surface area (Å²) in [6, 6.07) is 28.3. The molecule has 4 rings (SSSR count). The van der Waals surface area contributed by atoms with Gasteiger partial charge in [-0.05, 0) is 72.4 Å². The summed E-state index contributed by atoms with van der Waals surface area (Å²) in [5.41, 5.74) is 11.2. The third-order valence-corrected chi connectivity index (χ3v) is 6.74. The number of benzene rings is 4. The number of nitrogens with two attached hydrogens (primary N) is 1. The van der Waals surface area contributed by atoms with Crippen LogP contribution in [0.15, 0.2) is 97.1 Å². The predicted molar refractivity (Wildman–Crippen MR) is 165 cm³/mol. The number of carbonyl (C=O) groups is 3. The maximum absolute atomic E-state index is 13.3. The lowest BCUT2D eigenvalue weighted by Crippen LogP contribution is -2.37. The highest BCUT2D eigenvalue weighted by Crippen LogP contribution is 2.25. The van der Waals surface area contributed by atoms with Gasteiger partial charge in [-0.1, -0.05) is 80.9 Å². The van der Waals surface area contributed by atoms with Crippen molar-refractivity contribution in [2.24, 2.45) is 5.73 Å². The van der Waals surface area contributed by atoms with Crippen LogP contribution in [-0.4, -0.2) is 23.8 Å². The monoisotopic (exact) mass is 548 g/mol. The van der Waals surface area contributed by atoms with E-state index < -0.39 is 11.9 Å². The van der Waals surface area contributed by atoms with Gasteiger partial charge in [0.15, 0.2) is 0 Å². The van der Waals surface area contributed by atoms with E-state index in [1.54, 1.807) is 30.3 Å². The molecule has 41 heavy (non-hydrogen) atoms. The average molecular weight is 549 g/mol. The van der Waals surface area contributed by atoms with Crippen LogP contribution in [0.4, 0.5) is 17.1 Å². The van der Waals surface area contributed by atoms with Crippen LogP contribution < -0.4 is 21.7 Å². The first-order valence-electron chi connectivity index (χ1n) is 13.5. The first kappa shape index (κ1) is 29.2. The fourth-order valence-corrected chi connectivity index (χ4v) is 4.27. The van der Waals surface area contributed by atoms with Crippen LogP contribution in [0, 0.1) is 6.92 Å². The molecule has 0 radical (unpaired) electrons. The first-order valence-corrected chi connectivity index (χ1v) is 13.5. The van der Waals surface area contributed by atoms with Gasteiger partial charge in [-0.25, -0.2) is 0 Å². The van der Waals surface area contributed by atoms with Gasteiger partial charge >= 0.3 is 0 Å². The highest BCUT2D eigenvalue weighted by atomic mass is 16.2. The van der Waals surface area contributed by atoms with Crippen LogP contribution in [0.25, 0.3) is 0 Å². The molecule has 0 saturated heterocycles. The van der Waals surface area contributed by atoms with Gasteiger partial charge in [-0.3, -0.25) is 14.4 Å². The summed E-state index contributed by atoms with van der Waals surface area (Å²) in [5.74, 6) is -1.15. The molecule has 1 atom stereocenters. The minimum atomic E-state index is -0.777. The van der Waals surface area contributed by atoms with Crippen molar-refractivity contribution < 1.29 is 14.4 Å². The van der Waals surface area contributed by atoms with Gasteiger partial charge in [0.2, 0.25) is 5.91 Å². The van der Waals surface area contributed by atoms with Gasteiger partial charge in [-0.15, -0.1) is 0 Å². The van der Waals surface area contributed by atoms with Crippen molar-refractivity contribution in [3.05, 3.63) is 125 Å². The van der Waals surface area contributed by atoms with E-state index in [1.165, 1.54) is 0 Å². The van der Waals surface area contributed by atoms with Crippen LogP contribution in [0.2, 0.25) is 0 Å². The number of anilines is 3. The lowest BCUT2D eigenvalue weighted by atomic mass is 9.86. The largest absolute Gasteiger partial charge is 0.325 e. The van der Waals surface area contributed by atoms with Crippen LogP contribution in [0.3, 0.4) is 0 Å². The number of nitrogens with one attached hydrogen (secondary N) is 3. The summed E-state index contributed by atoms with van der Waals surface area (Å²) in [5, 5.41) is 8.55. The Kier molecular flexibility index (Phi) is 9.00. The summed E-state index contributed by atoms with van der Waals surface area (Å²) < 4.78 is 0. The average Bonchev–Trinajstić information content (AvgIpc) is 2.94. The fourth-order valence-electron chi connectivity index (χ4n) is 4.27. The van der Waals surface area contributed by atoms with E-state index in [9.17, 15) is 14.4 Å². The van der Waals surface area contributed by atoms with Gasteiger partial charge in [0.05, 0.1) is 17.3 Å². The second-order valence-corrected chi connectivity index (χ2v) is 11.1. The smallest absolute Gasteiger partial charge is 0.257 e. The summed E-state index contributed by atoms with van der Waals surface area (Å²) in [6.45, 7) is 8.28. The lowest BCUT2D eigenvalue weighted by Gasteiger charge is -2.19. The SMILES string of the molecule is Cc1ccc(NC(=O)c2ccc(NC(=O)C(N)Cc3ccccc3)cc2NC(=O)c2ccc(C(C)(C)C)cc2)cc1. The van der Waals surface area contributed by atoms with E-state index in [0.717, 1.165) is 16.7 Å². The molecule has 3 amide bonds. The Morgan fingerprint density at radius 3 is 2.00 bits per heavy atom. The van der Waals surface area contributed by atoms with E-state index >= 15 is 0 Å². The molecule has 5 N–H and O–H groups in total. The van der Waals surface area contributed by atoms with Crippen molar-refractivity contribution in [2.75, 3.05) is 16.0 Å². The Morgan fingerprint density at radius 1 is 0.732 bits per heavy atom. The number of hydrogen-bond donors (Lipinski definition) is 4. The highest BCUT2D eigenvalue weighted by molar-refractivity contribution is 6.13. The van der Waals surface area contributed by atoms with Crippen LogP contribution >= 0.6 is 0 Å². The molecule has 7 nitrogen and oxygen atoms in total. The van der Waals surface area contributed by atoms with Crippen molar-refractivity contribution >= 4 is 34.8 Å². The van der Waals surface area contributed by atoms with E-state index in [-0.39, 0.29) is 28.5 Å². The zero-order valence-electron chi connectivity index (χ0n) is 23.8. The van der Waals surface area contributed by atoms with Gasteiger partial charge in [0.25, 0.3) is 11.8 Å². The molecular formula is C34H36N4O3. The molecule has 0 aliphatic rings. The topological polar surface area (TPSA) is 113 Å². The third kappa shape index (κ3) is 7.90. The number of rotatable bonds is 8. The Morgan fingerprint density at radius 2 is 1.37 bits per heavy atom. The second-order valence-electron chi connectivity index (χ2n) is 11.1. The molecule has 0 saturated carbocycles. The van der Waals surface area contributed by atoms with Gasteiger partial charge < -0.3 is 21.7 Å². The number of aryl methyl sites for hydroxylation is 1. The van der Waals surface area contributed by atoms with Crippen molar-refractivity contribution in [1.82, 2.24) is 0 Å². The Labute approximate surface area is 241 Å². The minimum Gasteiger partial charge on any atom is -0.325 e. The molecule has 0 aliphatic carbocycles. The summed E-state index contributed by atoms with van der Waals surface area (Å²) >= 11 is 0. The van der Waals surface area contributed by atoms with Crippen molar-refractivity contribution in [1.29, 1.82) is 0 Å². The zero-order valence-corrected chi connectivity index (χ0v) is 23.8. The van der Waals surface area contributed by atoms with E-state index in [2.05, 4.69) is 36.7 Å². The number of carbonyl (C=O) groups excluding carboxylic acids is 3. The molecule has 4 aromatic carbocycles. The fraction of sp³-hybridized carbons (Fsp3) is 0.206.